The van der Waals surface area contributed by atoms with Crippen LogP contribution in [-0.2, 0) is 16.0 Å². The highest BCUT2D eigenvalue weighted by molar-refractivity contribution is 6.30. The number of carbonyl (C=O) groups excluding carboxylic acids is 1. The second-order valence-corrected chi connectivity index (χ2v) is 6.27. The van der Waals surface area contributed by atoms with E-state index in [2.05, 4.69) is 10.2 Å². The molecule has 0 unspecified atom stereocenters. The fourth-order valence-electron chi connectivity index (χ4n) is 2.80. The molecule has 132 valence electrons. The summed E-state index contributed by atoms with van der Waals surface area (Å²) in [5.74, 6) is 0.629. The van der Waals surface area contributed by atoms with Crippen molar-refractivity contribution in [3.8, 4) is 5.75 Å². The smallest absolute Gasteiger partial charge is 0.228 e. The summed E-state index contributed by atoms with van der Waals surface area (Å²) >= 11 is 5.89. The van der Waals surface area contributed by atoms with Gasteiger partial charge in [0.1, 0.15) is 5.75 Å². The van der Waals surface area contributed by atoms with Crippen molar-refractivity contribution in [2.45, 2.75) is 6.42 Å². The molecule has 1 fully saturated rings. The topological polar surface area (TPSA) is 50.8 Å². The van der Waals surface area contributed by atoms with Gasteiger partial charge in [0.25, 0.3) is 0 Å². The summed E-state index contributed by atoms with van der Waals surface area (Å²) in [6.45, 7) is 2.97. The third kappa shape index (κ3) is 4.65. The van der Waals surface area contributed by atoms with Gasteiger partial charge in [0.15, 0.2) is 0 Å². The number of morpholine rings is 1. The molecule has 0 aromatic heterocycles. The molecular weight excluding hydrogens is 340 g/mol. The highest BCUT2D eigenvalue weighted by atomic mass is 35.5. The van der Waals surface area contributed by atoms with Crippen LogP contribution in [0, 0.1) is 0 Å². The lowest BCUT2D eigenvalue weighted by Gasteiger charge is -2.30. The van der Waals surface area contributed by atoms with E-state index in [1.54, 1.807) is 19.2 Å². The number of nitrogens with one attached hydrogen (secondary N) is 1. The Bertz CT molecular complexity index is 728. The Kier molecular flexibility index (Phi) is 5.79. The molecule has 0 bridgehead atoms. The molecule has 0 radical (unpaired) electrons. The fraction of sp³-hybridized carbons (Fsp3) is 0.316. The van der Waals surface area contributed by atoms with Crippen LogP contribution in [0.4, 0.5) is 11.4 Å². The third-order valence-corrected chi connectivity index (χ3v) is 4.36. The second kappa shape index (κ2) is 8.23. The minimum absolute atomic E-state index is 0.0786. The van der Waals surface area contributed by atoms with Crippen LogP contribution in [0.3, 0.4) is 0 Å². The van der Waals surface area contributed by atoms with Gasteiger partial charge in [0.05, 0.1) is 38.1 Å². The highest BCUT2D eigenvalue weighted by Gasteiger charge is 2.17. The van der Waals surface area contributed by atoms with Gasteiger partial charge < -0.3 is 19.7 Å². The fourth-order valence-corrected chi connectivity index (χ4v) is 2.93. The number of ether oxygens (including phenoxy) is 2. The third-order valence-electron chi connectivity index (χ3n) is 4.11. The van der Waals surface area contributed by atoms with E-state index in [0.29, 0.717) is 24.0 Å². The SMILES string of the molecule is COc1ccc(N2CCOCC2)c(NC(=O)Cc2ccc(Cl)cc2)c1. The van der Waals surface area contributed by atoms with Gasteiger partial charge in [-0.25, -0.2) is 0 Å². The van der Waals surface area contributed by atoms with Gasteiger partial charge in [-0.15, -0.1) is 0 Å². The van der Waals surface area contributed by atoms with Gasteiger partial charge in [-0.3, -0.25) is 4.79 Å². The summed E-state index contributed by atoms with van der Waals surface area (Å²) in [6.07, 6.45) is 0.289. The Balaban J connectivity index is 1.76. The van der Waals surface area contributed by atoms with E-state index in [-0.39, 0.29) is 12.3 Å². The first-order valence-corrected chi connectivity index (χ1v) is 8.58. The van der Waals surface area contributed by atoms with Crippen LogP contribution in [0.5, 0.6) is 5.75 Å². The average molecular weight is 361 g/mol. The minimum Gasteiger partial charge on any atom is -0.497 e. The number of methoxy groups -OCH3 is 1. The van der Waals surface area contributed by atoms with Crippen LogP contribution in [0.15, 0.2) is 42.5 Å². The number of hydrogen-bond donors (Lipinski definition) is 1. The van der Waals surface area contributed by atoms with Crippen molar-refractivity contribution in [1.82, 2.24) is 0 Å². The van der Waals surface area contributed by atoms with Gasteiger partial charge in [-0.2, -0.15) is 0 Å². The maximum Gasteiger partial charge on any atom is 0.228 e. The number of anilines is 2. The summed E-state index contributed by atoms with van der Waals surface area (Å²) in [4.78, 5) is 14.7. The molecule has 1 aliphatic heterocycles. The second-order valence-electron chi connectivity index (χ2n) is 5.83. The molecular formula is C19H21ClN2O3. The Labute approximate surface area is 152 Å². The van der Waals surface area contributed by atoms with Crippen LogP contribution < -0.4 is 15.0 Å². The first-order valence-electron chi connectivity index (χ1n) is 8.21. The van der Waals surface area contributed by atoms with Gasteiger partial charge in [0, 0.05) is 24.2 Å². The van der Waals surface area contributed by atoms with Crippen LogP contribution in [0.25, 0.3) is 0 Å². The van der Waals surface area contributed by atoms with E-state index < -0.39 is 0 Å². The lowest BCUT2D eigenvalue weighted by molar-refractivity contribution is -0.115. The quantitative estimate of drug-likeness (QED) is 0.888. The first-order chi connectivity index (χ1) is 12.2. The number of benzene rings is 2. The molecule has 2 aromatic rings. The standard InChI is InChI=1S/C19H21ClN2O3/c1-24-16-6-7-18(22-8-10-25-11-9-22)17(13-16)21-19(23)12-14-2-4-15(20)5-3-14/h2-7,13H,8-12H2,1H3,(H,21,23). The maximum absolute atomic E-state index is 12.5. The molecule has 1 aliphatic rings. The lowest BCUT2D eigenvalue weighted by Crippen LogP contribution is -2.36. The minimum atomic E-state index is -0.0786. The zero-order valence-electron chi connectivity index (χ0n) is 14.1. The van der Waals surface area contributed by atoms with Gasteiger partial charge in [-0.1, -0.05) is 23.7 Å². The van der Waals surface area contributed by atoms with Gasteiger partial charge in [-0.05, 0) is 29.8 Å². The van der Waals surface area contributed by atoms with Crippen molar-refractivity contribution in [2.75, 3.05) is 43.6 Å². The van der Waals surface area contributed by atoms with E-state index in [0.717, 1.165) is 30.0 Å². The molecule has 1 heterocycles. The van der Waals surface area contributed by atoms with E-state index in [4.69, 9.17) is 21.1 Å². The van der Waals surface area contributed by atoms with Crippen LogP contribution in [0.2, 0.25) is 5.02 Å². The molecule has 2 aromatic carbocycles. The monoisotopic (exact) mass is 360 g/mol. The molecule has 1 saturated heterocycles. The number of halogens is 1. The number of rotatable bonds is 5. The van der Waals surface area contributed by atoms with Crippen molar-refractivity contribution < 1.29 is 14.3 Å². The van der Waals surface area contributed by atoms with Crippen LogP contribution in [-0.4, -0.2) is 39.3 Å². The van der Waals surface area contributed by atoms with E-state index >= 15 is 0 Å². The number of hydrogen-bond acceptors (Lipinski definition) is 4. The summed E-state index contributed by atoms with van der Waals surface area (Å²) in [6, 6.07) is 13.0. The van der Waals surface area contributed by atoms with Crippen molar-refractivity contribution >= 4 is 28.9 Å². The largest absolute Gasteiger partial charge is 0.497 e. The zero-order valence-corrected chi connectivity index (χ0v) is 14.9. The van der Waals surface area contributed by atoms with E-state index in [1.165, 1.54) is 0 Å². The number of carbonyl (C=O) groups is 1. The number of nitrogens with zero attached hydrogens (tertiary/aromatic N) is 1. The Morgan fingerprint density at radius 1 is 1.20 bits per heavy atom. The normalized spacial score (nSPS) is 14.2. The average Bonchev–Trinajstić information content (AvgIpc) is 2.64. The predicted molar refractivity (Wildman–Crippen MR) is 99.8 cm³/mol. The van der Waals surface area contributed by atoms with Crippen molar-refractivity contribution in [3.05, 3.63) is 53.1 Å². The molecule has 0 saturated carbocycles. The van der Waals surface area contributed by atoms with Gasteiger partial charge >= 0.3 is 0 Å². The molecule has 1 N–H and O–H groups in total. The van der Waals surface area contributed by atoms with Crippen molar-refractivity contribution in [1.29, 1.82) is 0 Å². The summed E-state index contributed by atoms with van der Waals surface area (Å²) < 4.78 is 10.7. The van der Waals surface area contributed by atoms with E-state index in [1.807, 2.05) is 30.3 Å². The molecule has 0 aliphatic carbocycles. The van der Waals surface area contributed by atoms with Gasteiger partial charge in [0.2, 0.25) is 5.91 Å². The Morgan fingerprint density at radius 2 is 1.92 bits per heavy atom. The summed E-state index contributed by atoms with van der Waals surface area (Å²) in [5, 5.41) is 3.67. The molecule has 5 nitrogen and oxygen atoms in total. The molecule has 3 rings (SSSR count). The van der Waals surface area contributed by atoms with Crippen molar-refractivity contribution in [3.63, 3.8) is 0 Å². The zero-order chi connectivity index (χ0) is 17.6. The predicted octanol–water partition coefficient (Wildman–Crippen LogP) is 3.37. The first kappa shape index (κ1) is 17.6. The Morgan fingerprint density at radius 3 is 2.60 bits per heavy atom. The highest BCUT2D eigenvalue weighted by Crippen LogP contribution is 2.31. The van der Waals surface area contributed by atoms with Crippen LogP contribution in [0.1, 0.15) is 5.56 Å². The molecule has 0 spiro atoms. The summed E-state index contributed by atoms with van der Waals surface area (Å²) in [7, 11) is 1.61. The van der Waals surface area contributed by atoms with Crippen molar-refractivity contribution in [2.24, 2.45) is 0 Å². The lowest BCUT2D eigenvalue weighted by atomic mass is 10.1. The summed E-state index contributed by atoms with van der Waals surface area (Å²) in [5.41, 5.74) is 2.64. The Hall–Kier alpha value is -2.24. The maximum atomic E-state index is 12.5. The molecule has 0 atom stereocenters. The number of amides is 1. The van der Waals surface area contributed by atoms with E-state index in [9.17, 15) is 4.79 Å². The molecule has 1 amide bonds. The van der Waals surface area contributed by atoms with Crippen LogP contribution >= 0.6 is 11.6 Å². The molecule has 6 heteroatoms. The molecule has 25 heavy (non-hydrogen) atoms.